The van der Waals surface area contributed by atoms with E-state index < -0.39 is 0 Å². The van der Waals surface area contributed by atoms with Crippen LogP contribution in [0, 0.1) is 0 Å². The summed E-state index contributed by atoms with van der Waals surface area (Å²) in [7, 11) is 3.44. The van der Waals surface area contributed by atoms with Crippen molar-refractivity contribution in [2.24, 2.45) is 17.9 Å². The monoisotopic (exact) mass is 255 g/mol. The minimum Gasteiger partial charge on any atom is -0.481 e. The van der Waals surface area contributed by atoms with E-state index in [4.69, 9.17) is 15.7 Å². The summed E-state index contributed by atoms with van der Waals surface area (Å²) in [5.41, 5.74) is 6.38. The molecule has 0 radical (unpaired) electrons. The number of hydrogen-bond acceptors (Lipinski definition) is 5. The van der Waals surface area contributed by atoms with Gasteiger partial charge in [-0.05, 0) is 6.42 Å². The number of aromatic nitrogens is 2. The molecule has 7 heteroatoms. The smallest absolute Gasteiger partial charge is 0.211 e. The molecule has 1 atom stereocenters. The summed E-state index contributed by atoms with van der Waals surface area (Å²) in [6.45, 7) is 2.66. The number of ether oxygens (including phenoxy) is 1. The lowest BCUT2D eigenvalue weighted by molar-refractivity contribution is 0.315. The molecule has 7 nitrogen and oxygen atoms in total. The number of rotatable bonds is 7. The van der Waals surface area contributed by atoms with Gasteiger partial charge in [0.05, 0.1) is 12.8 Å². The van der Waals surface area contributed by atoms with Crippen molar-refractivity contribution in [1.82, 2.24) is 15.1 Å². The third kappa shape index (κ3) is 3.92. The topological polar surface area (TPSA) is 97.7 Å². The van der Waals surface area contributed by atoms with Crippen molar-refractivity contribution >= 4 is 5.84 Å². The van der Waals surface area contributed by atoms with Gasteiger partial charge in [0.15, 0.2) is 0 Å². The van der Waals surface area contributed by atoms with Gasteiger partial charge in [-0.1, -0.05) is 12.1 Å². The van der Waals surface area contributed by atoms with Crippen molar-refractivity contribution in [1.29, 1.82) is 0 Å². The van der Waals surface area contributed by atoms with Crippen LogP contribution in [0.15, 0.2) is 11.2 Å². The molecular formula is C11H21N5O2. The lowest BCUT2D eigenvalue weighted by Crippen LogP contribution is -2.32. The van der Waals surface area contributed by atoms with E-state index >= 15 is 0 Å². The Morgan fingerprint density at radius 3 is 2.94 bits per heavy atom. The number of aryl methyl sites for hydroxylation is 1. The van der Waals surface area contributed by atoms with E-state index in [9.17, 15) is 0 Å². The molecule has 4 N–H and O–H groups in total. The Bertz CT molecular complexity index is 402. The zero-order valence-electron chi connectivity index (χ0n) is 11.1. The van der Waals surface area contributed by atoms with Gasteiger partial charge in [0.25, 0.3) is 0 Å². The van der Waals surface area contributed by atoms with E-state index in [1.807, 2.05) is 20.0 Å². The lowest BCUT2D eigenvalue weighted by Gasteiger charge is -2.14. The van der Waals surface area contributed by atoms with Crippen molar-refractivity contribution in [3.8, 4) is 5.88 Å². The van der Waals surface area contributed by atoms with Crippen LogP contribution in [-0.4, -0.2) is 34.0 Å². The Balaban J connectivity index is 2.51. The Hall–Kier alpha value is -1.76. The van der Waals surface area contributed by atoms with Crippen LogP contribution in [0.4, 0.5) is 0 Å². The summed E-state index contributed by atoms with van der Waals surface area (Å²) in [5, 5.41) is 19.1. The number of oxime groups is 1. The molecule has 0 fully saturated rings. The zero-order valence-corrected chi connectivity index (χ0v) is 11.1. The first-order valence-electron chi connectivity index (χ1n) is 5.87. The molecule has 0 aromatic carbocycles. The minimum absolute atomic E-state index is 0.161. The summed E-state index contributed by atoms with van der Waals surface area (Å²) >= 11 is 0. The van der Waals surface area contributed by atoms with Crippen LogP contribution in [0.25, 0.3) is 0 Å². The summed E-state index contributed by atoms with van der Waals surface area (Å²) in [6.07, 6.45) is 1.40. The average molecular weight is 255 g/mol. The van der Waals surface area contributed by atoms with Crippen LogP contribution in [0.2, 0.25) is 0 Å². The quantitative estimate of drug-likeness (QED) is 0.284. The highest BCUT2D eigenvalue weighted by atomic mass is 16.5. The number of nitrogens with zero attached hydrogens (tertiary/aromatic N) is 3. The standard InChI is InChI=1S/C11H21N5O2/c1-4-8(5-10(12)15-17)13-7-9-6-11(18-3)16(2)14-9/h6,8,13,17H,4-5,7H2,1-3H3,(H2,12,15). The van der Waals surface area contributed by atoms with E-state index in [2.05, 4.69) is 15.6 Å². The van der Waals surface area contributed by atoms with Gasteiger partial charge in [0.2, 0.25) is 5.88 Å². The molecular weight excluding hydrogens is 234 g/mol. The Kier molecular flexibility index (Phi) is 5.44. The van der Waals surface area contributed by atoms with Gasteiger partial charge in [-0.25, -0.2) is 4.68 Å². The van der Waals surface area contributed by atoms with Gasteiger partial charge in [-0.2, -0.15) is 5.10 Å². The van der Waals surface area contributed by atoms with Crippen molar-refractivity contribution in [2.75, 3.05) is 7.11 Å². The van der Waals surface area contributed by atoms with Gasteiger partial charge < -0.3 is 21.0 Å². The van der Waals surface area contributed by atoms with Gasteiger partial charge in [0.1, 0.15) is 5.84 Å². The SMILES string of the molecule is CCC(C/C(N)=N/O)NCc1cc(OC)n(C)n1. The number of methoxy groups -OCH3 is 1. The second-order valence-corrected chi connectivity index (χ2v) is 4.08. The first kappa shape index (κ1) is 14.3. The van der Waals surface area contributed by atoms with Crippen LogP contribution >= 0.6 is 0 Å². The summed E-state index contributed by atoms with van der Waals surface area (Å²) in [5.74, 6) is 0.948. The Labute approximate surface area is 107 Å². The predicted molar refractivity (Wildman–Crippen MR) is 68.7 cm³/mol. The number of amidine groups is 1. The molecule has 0 saturated carbocycles. The van der Waals surface area contributed by atoms with Crippen molar-refractivity contribution < 1.29 is 9.94 Å². The summed E-state index contributed by atoms with van der Waals surface area (Å²) in [4.78, 5) is 0. The molecule has 102 valence electrons. The maximum absolute atomic E-state index is 8.54. The summed E-state index contributed by atoms with van der Waals surface area (Å²) in [6, 6.07) is 2.04. The fourth-order valence-corrected chi connectivity index (χ4v) is 1.69. The van der Waals surface area contributed by atoms with E-state index in [0.717, 1.165) is 18.0 Å². The van der Waals surface area contributed by atoms with Crippen LogP contribution in [0.1, 0.15) is 25.5 Å². The van der Waals surface area contributed by atoms with Gasteiger partial charge in [-0.3, -0.25) is 0 Å². The highest BCUT2D eigenvalue weighted by molar-refractivity contribution is 5.80. The van der Waals surface area contributed by atoms with Gasteiger partial charge in [-0.15, -0.1) is 0 Å². The molecule has 0 aliphatic carbocycles. The molecule has 0 bridgehead atoms. The van der Waals surface area contributed by atoms with E-state index in [0.29, 0.717) is 13.0 Å². The molecule has 0 aliphatic heterocycles. The van der Waals surface area contributed by atoms with Crippen LogP contribution < -0.4 is 15.8 Å². The zero-order chi connectivity index (χ0) is 13.5. The first-order chi connectivity index (χ1) is 8.60. The minimum atomic E-state index is 0.161. The average Bonchev–Trinajstić information content (AvgIpc) is 2.74. The van der Waals surface area contributed by atoms with Crippen LogP contribution in [0.3, 0.4) is 0 Å². The molecule has 1 aromatic rings. The predicted octanol–water partition coefficient (Wildman–Crippen LogP) is 0.433. The second kappa shape index (κ2) is 6.85. The van der Waals surface area contributed by atoms with Gasteiger partial charge >= 0.3 is 0 Å². The highest BCUT2D eigenvalue weighted by Gasteiger charge is 2.10. The largest absolute Gasteiger partial charge is 0.481 e. The lowest BCUT2D eigenvalue weighted by atomic mass is 10.1. The van der Waals surface area contributed by atoms with E-state index in [-0.39, 0.29) is 11.9 Å². The van der Waals surface area contributed by atoms with Crippen LogP contribution in [-0.2, 0) is 13.6 Å². The van der Waals surface area contributed by atoms with Gasteiger partial charge in [0, 0.05) is 32.1 Å². The normalized spacial score (nSPS) is 13.6. The third-order valence-corrected chi connectivity index (χ3v) is 2.75. The maximum Gasteiger partial charge on any atom is 0.211 e. The number of nitrogens with one attached hydrogen (secondary N) is 1. The molecule has 18 heavy (non-hydrogen) atoms. The molecule has 0 aliphatic rings. The fraction of sp³-hybridized carbons (Fsp3) is 0.636. The van der Waals surface area contributed by atoms with Crippen molar-refractivity contribution in [2.45, 2.75) is 32.4 Å². The summed E-state index contributed by atoms with van der Waals surface area (Å²) < 4.78 is 6.82. The first-order valence-corrected chi connectivity index (χ1v) is 5.87. The van der Waals surface area contributed by atoms with Crippen molar-refractivity contribution in [3.05, 3.63) is 11.8 Å². The maximum atomic E-state index is 8.54. The number of nitrogens with two attached hydrogens (primary N) is 1. The highest BCUT2D eigenvalue weighted by Crippen LogP contribution is 2.11. The Morgan fingerprint density at radius 2 is 2.44 bits per heavy atom. The molecule has 0 amide bonds. The number of hydrogen-bond donors (Lipinski definition) is 3. The molecule has 0 saturated heterocycles. The molecule has 1 unspecified atom stereocenters. The molecule has 1 aromatic heterocycles. The molecule has 1 rings (SSSR count). The fourth-order valence-electron chi connectivity index (χ4n) is 1.69. The van der Waals surface area contributed by atoms with E-state index in [1.54, 1.807) is 11.8 Å². The molecule has 0 spiro atoms. The third-order valence-electron chi connectivity index (χ3n) is 2.75. The van der Waals surface area contributed by atoms with Crippen molar-refractivity contribution in [3.63, 3.8) is 0 Å². The second-order valence-electron chi connectivity index (χ2n) is 4.08. The van der Waals surface area contributed by atoms with E-state index in [1.165, 1.54) is 0 Å². The van der Waals surface area contributed by atoms with Crippen LogP contribution in [0.5, 0.6) is 5.88 Å². The Morgan fingerprint density at radius 1 is 1.72 bits per heavy atom. The molecule has 1 heterocycles.